The molecular formula is C13H18ClNO. The summed E-state index contributed by atoms with van der Waals surface area (Å²) in [7, 11) is 0. The first kappa shape index (κ1) is 13.1. The van der Waals surface area contributed by atoms with Crippen LogP contribution in [0.4, 0.5) is 0 Å². The van der Waals surface area contributed by atoms with Gasteiger partial charge < -0.3 is 10.5 Å². The molecule has 0 fully saturated rings. The second-order valence-corrected chi connectivity index (χ2v) is 4.46. The van der Waals surface area contributed by atoms with Crippen LogP contribution in [0, 0.1) is 0 Å². The van der Waals surface area contributed by atoms with Gasteiger partial charge in [0.2, 0.25) is 0 Å². The van der Waals surface area contributed by atoms with Gasteiger partial charge >= 0.3 is 0 Å². The Morgan fingerprint density at radius 2 is 2.25 bits per heavy atom. The molecular weight excluding hydrogens is 222 g/mol. The summed E-state index contributed by atoms with van der Waals surface area (Å²) < 4.78 is 5.66. The Morgan fingerprint density at radius 3 is 2.81 bits per heavy atom. The van der Waals surface area contributed by atoms with Crippen molar-refractivity contribution in [3.8, 4) is 5.75 Å². The van der Waals surface area contributed by atoms with Crippen molar-refractivity contribution in [1.29, 1.82) is 0 Å². The van der Waals surface area contributed by atoms with E-state index in [1.54, 1.807) is 0 Å². The summed E-state index contributed by atoms with van der Waals surface area (Å²) in [6.45, 7) is 8.35. The van der Waals surface area contributed by atoms with E-state index in [0.717, 1.165) is 23.3 Å². The van der Waals surface area contributed by atoms with Crippen molar-refractivity contribution in [1.82, 2.24) is 0 Å². The van der Waals surface area contributed by atoms with E-state index >= 15 is 0 Å². The van der Waals surface area contributed by atoms with E-state index in [9.17, 15) is 0 Å². The molecule has 16 heavy (non-hydrogen) atoms. The van der Waals surface area contributed by atoms with Crippen LogP contribution >= 0.6 is 11.6 Å². The van der Waals surface area contributed by atoms with E-state index in [0.29, 0.717) is 11.6 Å². The quantitative estimate of drug-likeness (QED) is 0.796. The Labute approximate surface area is 102 Å². The molecule has 0 saturated heterocycles. The van der Waals surface area contributed by atoms with Gasteiger partial charge in [-0.3, -0.25) is 0 Å². The molecule has 0 aromatic heterocycles. The van der Waals surface area contributed by atoms with Crippen molar-refractivity contribution in [2.24, 2.45) is 5.73 Å². The smallest absolute Gasteiger partial charge is 0.124 e. The normalized spacial score (nSPS) is 12.2. The molecule has 0 radical (unpaired) electrons. The third-order valence-electron chi connectivity index (χ3n) is 2.25. The molecule has 1 aromatic carbocycles. The molecule has 88 valence electrons. The second kappa shape index (κ2) is 5.92. The number of nitrogens with two attached hydrogens (primary N) is 1. The first-order chi connectivity index (χ1) is 7.50. The van der Waals surface area contributed by atoms with Gasteiger partial charge in [0.25, 0.3) is 0 Å². The summed E-state index contributed by atoms with van der Waals surface area (Å²) >= 11 is 5.92. The molecule has 0 heterocycles. The number of ether oxygens (including phenoxy) is 1. The highest BCUT2D eigenvalue weighted by atomic mass is 35.5. The fourth-order valence-corrected chi connectivity index (χ4v) is 1.52. The van der Waals surface area contributed by atoms with Gasteiger partial charge in [0, 0.05) is 23.0 Å². The Bertz CT molecular complexity index is 374. The Hall–Kier alpha value is -0.990. The molecule has 0 aliphatic heterocycles. The van der Waals surface area contributed by atoms with Crippen LogP contribution in [0.25, 0.3) is 0 Å². The van der Waals surface area contributed by atoms with Gasteiger partial charge in [0.15, 0.2) is 0 Å². The fraction of sp³-hybridized carbons (Fsp3) is 0.385. The lowest BCUT2D eigenvalue weighted by Gasteiger charge is -2.14. The molecule has 0 spiro atoms. The van der Waals surface area contributed by atoms with Crippen LogP contribution in [-0.4, -0.2) is 6.61 Å². The maximum Gasteiger partial charge on any atom is 0.124 e. The molecule has 0 amide bonds. The third kappa shape index (κ3) is 3.87. The molecule has 3 heteroatoms. The van der Waals surface area contributed by atoms with E-state index in [2.05, 4.69) is 6.58 Å². The summed E-state index contributed by atoms with van der Waals surface area (Å²) in [6.07, 6.45) is 0.848. The third-order valence-corrected chi connectivity index (χ3v) is 2.48. The predicted octanol–water partition coefficient (Wildman–Crippen LogP) is 3.70. The molecule has 0 bridgehead atoms. The van der Waals surface area contributed by atoms with E-state index < -0.39 is 0 Å². The van der Waals surface area contributed by atoms with Crippen molar-refractivity contribution < 1.29 is 4.74 Å². The van der Waals surface area contributed by atoms with Crippen LogP contribution in [0.1, 0.15) is 31.9 Å². The molecule has 2 nitrogen and oxygen atoms in total. The number of halogens is 1. The van der Waals surface area contributed by atoms with E-state index in [1.165, 1.54) is 0 Å². The summed E-state index contributed by atoms with van der Waals surface area (Å²) in [5.74, 6) is 0.806. The van der Waals surface area contributed by atoms with Gasteiger partial charge in [-0.25, -0.2) is 0 Å². The molecule has 0 saturated carbocycles. The van der Waals surface area contributed by atoms with Crippen molar-refractivity contribution in [3.63, 3.8) is 0 Å². The lowest BCUT2D eigenvalue weighted by atomic mass is 10.1. The van der Waals surface area contributed by atoms with Crippen LogP contribution in [0.15, 0.2) is 30.4 Å². The summed E-state index contributed by atoms with van der Waals surface area (Å²) in [6, 6.07) is 5.43. The summed E-state index contributed by atoms with van der Waals surface area (Å²) in [4.78, 5) is 0. The average Bonchev–Trinajstić information content (AvgIpc) is 2.19. The number of benzene rings is 1. The molecule has 1 rings (SSSR count). The molecule has 2 N–H and O–H groups in total. The molecule has 1 unspecified atom stereocenters. The molecule has 0 aliphatic carbocycles. The summed E-state index contributed by atoms with van der Waals surface area (Å²) in [5, 5.41) is 0.680. The van der Waals surface area contributed by atoms with Crippen LogP contribution in [0.5, 0.6) is 5.75 Å². The number of hydrogen-bond donors (Lipinski definition) is 1. The van der Waals surface area contributed by atoms with Gasteiger partial charge in [-0.2, -0.15) is 0 Å². The maximum absolute atomic E-state index is 5.92. The van der Waals surface area contributed by atoms with Gasteiger partial charge in [0.1, 0.15) is 5.75 Å². The zero-order chi connectivity index (χ0) is 12.1. The minimum absolute atomic E-state index is 0.0847. The molecule has 1 atom stereocenters. The SMILES string of the molecule is C=C(C)CCOc1ccc(Cl)cc1C(C)N. The van der Waals surface area contributed by atoms with Crippen LogP contribution in [0.2, 0.25) is 5.02 Å². The number of hydrogen-bond acceptors (Lipinski definition) is 2. The van der Waals surface area contributed by atoms with Crippen molar-refractivity contribution in [3.05, 3.63) is 40.9 Å². The lowest BCUT2D eigenvalue weighted by molar-refractivity contribution is 0.317. The standard InChI is InChI=1S/C13H18ClNO/c1-9(2)6-7-16-13-5-4-11(14)8-12(13)10(3)15/h4-5,8,10H,1,6-7,15H2,2-3H3. The lowest BCUT2D eigenvalue weighted by Crippen LogP contribution is -2.08. The van der Waals surface area contributed by atoms with Gasteiger partial charge in [-0.15, -0.1) is 6.58 Å². The molecule has 1 aromatic rings. The van der Waals surface area contributed by atoms with Gasteiger partial charge in [-0.05, 0) is 32.0 Å². The highest BCUT2D eigenvalue weighted by Gasteiger charge is 2.08. The van der Waals surface area contributed by atoms with Crippen LogP contribution in [-0.2, 0) is 0 Å². The first-order valence-electron chi connectivity index (χ1n) is 5.33. The van der Waals surface area contributed by atoms with Gasteiger partial charge in [-0.1, -0.05) is 17.2 Å². The zero-order valence-corrected chi connectivity index (χ0v) is 10.6. The number of rotatable bonds is 5. The maximum atomic E-state index is 5.92. The minimum Gasteiger partial charge on any atom is -0.493 e. The van der Waals surface area contributed by atoms with Crippen molar-refractivity contribution in [2.75, 3.05) is 6.61 Å². The highest BCUT2D eigenvalue weighted by Crippen LogP contribution is 2.27. The van der Waals surface area contributed by atoms with Crippen molar-refractivity contribution >= 4 is 11.6 Å². The van der Waals surface area contributed by atoms with Crippen LogP contribution < -0.4 is 10.5 Å². The first-order valence-corrected chi connectivity index (χ1v) is 5.70. The monoisotopic (exact) mass is 239 g/mol. The highest BCUT2D eigenvalue weighted by molar-refractivity contribution is 6.30. The Balaban J connectivity index is 2.74. The summed E-state index contributed by atoms with van der Waals surface area (Å²) in [5.41, 5.74) is 7.91. The predicted molar refractivity (Wildman–Crippen MR) is 69.0 cm³/mol. The van der Waals surface area contributed by atoms with Gasteiger partial charge in [0.05, 0.1) is 6.61 Å². The minimum atomic E-state index is -0.0847. The average molecular weight is 240 g/mol. The van der Waals surface area contributed by atoms with Crippen LogP contribution in [0.3, 0.4) is 0 Å². The Kier molecular flexibility index (Phi) is 4.84. The van der Waals surface area contributed by atoms with Crippen molar-refractivity contribution in [2.45, 2.75) is 26.3 Å². The van der Waals surface area contributed by atoms with E-state index in [1.807, 2.05) is 32.0 Å². The van der Waals surface area contributed by atoms with E-state index in [4.69, 9.17) is 22.1 Å². The van der Waals surface area contributed by atoms with E-state index in [-0.39, 0.29) is 6.04 Å². The second-order valence-electron chi connectivity index (χ2n) is 4.03. The fourth-order valence-electron chi connectivity index (χ4n) is 1.34. The Morgan fingerprint density at radius 1 is 1.56 bits per heavy atom. The largest absolute Gasteiger partial charge is 0.493 e. The zero-order valence-electron chi connectivity index (χ0n) is 9.79. The molecule has 0 aliphatic rings. The topological polar surface area (TPSA) is 35.2 Å².